The van der Waals surface area contributed by atoms with Gasteiger partial charge in [0.05, 0.1) is 0 Å². The first-order chi connectivity index (χ1) is 10.1. The van der Waals surface area contributed by atoms with Crippen LogP contribution in [0.3, 0.4) is 0 Å². The van der Waals surface area contributed by atoms with Gasteiger partial charge in [0.25, 0.3) is 0 Å². The molecule has 0 saturated heterocycles. The summed E-state index contributed by atoms with van der Waals surface area (Å²) >= 11 is 5.77. The SMILES string of the molecule is O=C(NCc1ccccc1F)C(=O)Nc1cccc(Cl)c1. The largest absolute Gasteiger partial charge is 0.344 e. The minimum Gasteiger partial charge on any atom is -0.344 e. The molecule has 4 nitrogen and oxygen atoms in total. The zero-order chi connectivity index (χ0) is 15.2. The Bertz CT molecular complexity index is 676. The number of halogens is 2. The molecule has 0 aliphatic rings. The molecule has 2 rings (SSSR count). The average molecular weight is 307 g/mol. The van der Waals surface area contributed by atoms with Gasteiger partial charge in [0.1, 0.15) is 5.82 Å². The second-order valence-electron chi connectivity index (χ2n) is 4.24. The lowest BCUT2D eigenvalue weighted by Gasteiger charge is -2.07. The van der Waals surface area contributed by atoms with Gasteiger partial charge in [-0.2, -0.15) is 0 Å². The van der Waals surface area contributed by atoms with E-state index in [0.29, 0.717) is 16.3 Å². The van der Waals surface area contributed by atoms with Crippen LogP contribution in [-0.4, -0.2) is 11.8 Å². The molecule has 0 atom stereocenters. The number of rotatable bonds is 3. The fourth-order valence-corrected chi connectivity index (χ4v) is 1.84. The first kappa shape index (κ1) is 15.0. The molecule has 2 aromatic rings. The molecule has 0 fully saturated rings. The molecule has 0 spiro atoms. The highest BCUT2D eigenvalue weighted by Gasteiger charge is 2.14. The van der Waals surface area contributed by atoms with Gasteiger partial charge in [-0.05, 0) is 24.3 Å². The van der Waals surface area contributed by atoms with Crippen LogP contribution in [0.15, 0.2) is 48.5 Å². The number of amides is 2. The summed E-state index contributed by atoms with van der Waals surface area (Å²) in [7, 11) is 0. The lowest BCUT2D eigenvalue weighted by Crippen LogP contribution is -2.35. The Morgan fingerprint density at radius 2 is 1.81 bits per heavy atom. The molecule has 0 radical (unpaired) electrons. The molecule has 0 bridgehead atoms. The number of benzene rings is 2. The molecule has 108 valence electrons. The van der Waals surface area contributed by atoms with Gasteiger partial charge in [-0.25, -0.2) is 4.39 Å². The number of nitrogens with one attached hydrogen (secondary N) is 2. The summed E-state index contributed by atoms with van der Waals surface area (Å²) in [5.74, 6) is -2.13. The zero-order valence-corrected chi connectivity index (χ0v) is 11.7. The first-order valence-electron chi connectivity index (χ1n) is 6.14. The number of hydrogen-bond acceptors (Lipinski definition) is 2. The van der Waals surface area contributed by atoms with Gasteiger partial charge < -0.3 is 10.6 Å². The van der Waals surface area contributed by atoms with E-state index in [1.807, 2.05) is 0 Å². The van der Waals surface area contributed by atoms with Gasteiger partial charge in [0.15, 0.2) is 0 Å². The number of hydrogen-bond donors (Lipinski definition) is 2. The summed E-state index contributed by atoms with van der Waals surface area (Å²) in [4.78, 5) is 23.3. The molecule has 2 aromatic carbocycles. The predicted octanol–water partition coefficient (Wildman–Crippen LogP) is 2.73. The second-order valence-corrected chi connectivity index (χ2v) is 4.67. The van der Waals surface area contributed by atoms with Crippen LogP contribution in [0.25, 0.3) is 0 Å². The number of carbonyl (C=O) groups is 2. The highest BCUT2D eigenvalue weighted by molar-refractivity contribution is 6.39. The van der Waals surface area contributed by atoms with Gasteiger partial charge in [0, 0.05) is 22.8 Å². The van der Waals surface area contributed by atoms with E-state index in [9.17, 15) is 14.0 Å². The molecule has 6 heteroatoms. The van der Waals surface area contributed by atoms with E-state index in [4.69, 9.17) is 11.6 Å². The third kappa shape index (κ3) is 4.29. The van der Waals surface area contributed by atoms with Crippen LogP contribution in [-0.2, 0) is 16.1 Å². The predicted molar refractivity (Wildman–Crippen MR) is 78.3 cm³/mol. The molecule has 2 N–H and O–H groups in total. The van der Waals surface area contributed by atoms with Crippen molar-refractivity contribution in [3.63, 3.8) is 0 Å². The number of carbonyl (C=O) groups excluding carboxylic acids is 2. The molecule has 0 aliphatic carbocycles. The van der Waals surface area contributed by atoms with Crippen LogP contribution in [0.5, 0.6) is 0 Å². The van der Waals surface area contributed by atoms with Crippen molar-refractivity contribution < 1.29 is 14.0 Å². The van der Waals surface area contributed by atoms with Gasteiger partial charge in [-0.1, -0.05) is 35.9 Å². The molecule has 21 heavy (non-hydrogen) atoms. The molecule has 0 saturated carbocycles. The monoisotopic (exact) mass is 306 g/mol. The van der Waals surface area contributed by atoms with Crippen molar-refractivity contribution >= 4 is 29.1 Å². The third-order valence-electron chi connectivity index (χ3n) is 2.69. The summed E-state index contributed by atoms with van der Waals surface area (Å²) < 4.78 is 13.4. The average Bonchev–Trinajstić information content (AvgIpc) is 2.46. The highest BCUT2D eigenvalue weighted by Crippen LogP contribution is 2.14. The Kier molecular flexibility index (Phi) is 4.90. The lowest BCUT2D eigenvalue weighted by molar-refractivity contribution is -0.136. The highest BCUT2D eigenvalue weighted by atomic mass is 35.5. The quantitative estimate of drug-likeness (QED) is 0.857. The minimum atomic E-state index is -0.849. The van der Waals surface area contributed by atoms with Crippen molar-refractivity contribution in [3.8, 4) is 0 Å². The topological polar surface area (TPSA) is 58.2 Å². The van der Waals surface area contributed by atoms with E-state index in [0.717, 1.165) is 0 Å². The van der Waals surface area contributed by atoms with E-state index in [1.54, 1.807) is 30.3 Å². The maximum Gasteiger partial charge on any atom is 0.313 e. The minimum absolute atomic E-state index is 0.0610. The van der Waals surface area contributed by atoms with Crippen molar-refractivity contribution in [3.05, 3.63) is 64.9 Å². The van der Waals surface area contributed by atoms with Crippen molar-refractivity contribution in [2.75, 3.05) is 5.32 Å². The maximum atomic E-state index is 13.4. The molecule has 0 aromatic heterocycles. The zero-order valence-electron chi connectivity index (χ0n) is 10.9. The Labute approximate surface area is 125 Å². The Balaban J connectivity index is 1.91. The Morgan fingerprint density at radius 1 is 1.05 bits per heavy atom. The van der Waals surface area contributed by atoms with Crippen LogP contribution in [0, 0.1) is 5.82 Å². The van der Waals surface area contributed by atoms with Crippen LogP contribution in [0.1, 0.15) is 5.56 Å². The number of anilines is 1. The molecule has 0 heterocycles. The van der Waals surface area contributed by atoms with Crippen molar-refractivity contribution in [2.24, 2.45) is 0 Å². The van der Waals surface area contributed by atoms with Gasteiger partial charge in [-0.3, -0.25) is 9.59 Å². The molecule has 2 amide bonds. The van der Waals surface area contributed by atoms with E-state index >= 15 is 0 Å². The van der Waals surface area contributed by atoms with Gasteiger partial charge in [0.2, 0.25) is 0 Å². The molecule has 0 aliphatic heterocycles. The van der Waals surface area contributed by atoms with E-state index < -0.39 is 17.6 Å². The van der Waals surface area contributed by atoms with Crippen molar-refractivity contribution in [2.45, 2.75) is 6.54 Å². The summed E-state index contributed by atoms with van der Waals surface area (Å²) in [5, 5.41) is 5.20. The van der Waals surface area contributed by atoms with Gasteiger partial charge in [-0.15, -0.1) is 0 Å². The molecular formula is C15H12ClFN2O2. The fraction of sp³-hybridized carbons (Fsp3) is 0.0667. The summed E-state index contributed by atoms with van der Waals surface area (Å²) in [6, 6.07) is 12.4. The van der Waals surface area contributed by atoms with Crippen LogP contribution in [0.2, 0.25) is 5.02 Å². The Hall–Kier alpha value is -2.40. The summed E-state index contributed by atoms with van der Waals surface area (Å²) in [5.41, 5.74) is 0.718. The third-order valence-corrected chi connectivity index (χ3v) is 2.92. The Morgan fingerprint density at radius 3 is 2.52 bits per heavy atom. The lowest BCUT2D eigenvalue weighted by atomic mass is 10.2. The smallest absolute Gasteiger partial charge is 0.313 e. The van der Waals surface area contributed by atoms with E-state index in [1.165, 1.54) is 18.2 Å². The van der Waals surface area contributed by atoms with Crippen LogP contribution in [0.4, 0.5) is 10.1 Å². The van der Waals surface area contributed by atoms with E-state index in [-0.39, 0.29) is 6.54 Å². The molecular weight excluding hydrogens is 295 g/mol. The standard InChI is InChI=1S/C15H12ClFN2O2/c16-11-5-3-6-12(8-11)19-15(21)14(20)18-9-10-4-1-2-7-13(10)17/h1-8H,9H2,(H,18,20)(H,19,21). The van der Waals surface area contributed by atoms with Crippen LogP contribution >= 0.6 is 11.6 Å². The summed E-state index contributed by atoms with van der Waals surface area (Å²) in [6.07, 6.45) is 0. The van der Waals surface area contributed by atoms with Gasteiger partial charge >= 0.3 is 11.8 Å². The van der Waals surface area contributed by atoms with Crippen molar-refractivity contribution in [1.82, 2.24) is 5.32 Å². The van der Waals surface area contributed by atoms with Crippen LogP contribution < -0.4 is 10.6 Å². The van der Waals surface area contributed by atoms with E-state index in [2.05, 4.69) is 10.6 Å². The normalized spacial score (nSPS) is 10.0. The maximum absolute atomic E-state index is 13.4. The first-order valence-corrected chi connectivity index (χ1v) is 6.52. The van der Waals surface area contributed by atoms with Crippen molar-refractivity contribution in [1.29, 1.82) is 0 Å². The molecule has 0 unspecified atom stereocenters. The second kappa shape index (κ2) is 6.85. The fourth-order valence-electron chi connectivity index (χ4n) is 1.65. The summed E-state index contributed by atoms with van der Waals surface area (Å²) in [6.45, 7) is -0.0610.